The maximum atomic E-state index is 13.5. The van der Waals surface area contributed by atoms with Crippen LogP contribution >= 0.6 is 0 Å². The van der Waals surface area contributed by atoms with Crippen molar-refractivity contribution >= 4 is 44.7 Å². The Morgan fingerprint density at radius 1 is 0.585 bits per heavy atom. The van der Waals surface area contributed by atoms with E-state index >= 15 is 0 Å². The first-order chi connectivity index (χ1) is 19.3. The number of nitrogens with one attached hydrogen (secondary N) is 2. The molecule has 6 nitrogen and oxygen atoms in total. The number of fused-ring (bicyclic) bond motifs is 2. The fourth-order valence-electron chi connectivity index (χ4n) is 5.11. The van der Waals surface area contributed by atoms with E-state index in [4.69, 9.17) is 4.42 Å². The van der Waals surface area contributed by atoms with Gasteiger partial charge in [-0.25, -0.2) is 0 Å². The Bertz CT molecular complexity index is 1740. The van der Waals surface area contributed by atoms with Gasteiger partial charge in [0.2, 0.25) is 0 Å². The van der Waals surface area contributed by atoms with Crippen LogP contribution in [0.2, 0.25) is 0 Å². The fourth-order valence-corrected chi connectivity index (χ4v) is 5.11. The van der Waals surface area contributed by atoms with Crippen molar-refractivity contribution in [2.45, 2.75) is 52.4 Å². The highest BCUT2D eigenvalue weighted by Crippen LogP contribution is 2.37. The number of anilines is 2. The molecule has 208 valence electrons. The largest absolute Gasteiger partial charge is 0.445 e. The van der Waals surface area contributed by atoms with Gasteiger partial charge in [-0.3, -0.25) is 14.4 Å². The van der Waals surface area contributed by atoms with E-state index in [1.54, 1.807) is 0 Å². The third-order valence-corrected chi connectivity index (χ3v) is 7.17. The van der Waals surface area contributed by atoms with Gasteiger partial charge in [-0.1, -0.05) is 114 Å². The first-order valence-electron chi connectivity index (χ1n) is 13.7. The van der Waals surface area contributed by atoms with Gasteiger partial charge in [0.15, 0.2) is 16.9 Å². The van der Waals surface area contributed by atoms with Crippen LogP contribution in [0.3, 0.4) is 0 Å². The third kappa shape index (κ3) is 5.64. The average Bonchev–Trinajstić information content (AvgIpc) is 2.91. The maximum absolute atomic E-state index is 13.5. The first-order valence-corrected chi connectivity index (χ1v) is 13.7. The van der Waals surface area contributed by atoms with Gasteiger partial charge in [0.25, 0.3) is 11.8 Å². The molecule has 0 saturated heterocycles. The van der Waals surface area contributed by atoms with Crippen LogP contribution in [0.5, 0.6) is 0 Å². The van der Waals surface area contributed by atoms with Crippen LogP contribution in [-0.4, -0.2) is 11.8 Å². The lowest BCUT2D eigenvalue weighted by Crippen LogP contribution is -2.22. The molecule has 0 aliphatic carbocycles. The lowest BCUT2D eigenvalue weighted by atomic mass is 9.84. The summed E-state index contributed by atoms with van der Waals surface area (Å²) in [4.78, 5) is 39.7. The molecule has 0 aliphatic heterocycles. The Morgan fingerprint density at radius 3 is 1.37 bits per heavy atom. The molecule has 0 spiro atoms. The lowest BCUT2D eigenvalue weighted by Gasteiger charge is -2.25. The summed E-state index contributed by atoms with van der Waals surface area (Å²) in [5.74, 6) is -1.72. The molecule has 5 rings (SSSR count). The third-order valence-electron chi connectivity index (χ3n) is 7.17. The number of rotatable bonds is 4. The SMILES string of the molecule is CC(C)(C)c1ccc2ccccc2c1NC(=O)c1cc(=O)cc(C(=O)Nc2c(C(C)(C)C)ccc3ccccc23)o1. The van der Waals surface area contributed by atoms with Crippen molar-refractivity contribution in [3.63, 3.8) is 0 Å². The highest BCUT2D eigenvalue weighted by molar-refractivity contribution is 6.11. The molecular formula is C35H34N2O4. The number of hydrogen-bond donors (Lipinski definition) is 2. The van der Waals surface area contributed by atoms with Crippen molar-refractivity contribution < 1.29 is 14.0 Å². The van der Waals surface area contributed by atoms with Gasteiger partial charge in [0.1, 0.15) is 0 Å². The van der Waals surface area contributed by atoms with Crippen molar-refractivity contribution in [2.75, 3.05) is 10.6 Å². The molecular weight excluding hydrogens is 512 g/mol. The summed E-state index contributed by atoms with van der Waals surface area (Å²) in [6, 6.07) is 25.8. The molecule has 4 aromatic carbocycles. The Labute approximate surface area is 239 Å². The second kappa shape index (κ2) is 10.4. The first kappa shape index (κ1) is 27.8. The van der Waals surface area contributed by atoms with Crippen molar-refractivity contribution in [3.05, 3.63) is 118 Å². The molecule has 5 aromatic rings. The molecule has 1 aromatic heterocycles. The smallest absolute Gasteiger partial charge is 0.291 e. The number of benzene rings is 4. The van der Waals surface area contributed by atoms with Gasteiger partial charge in [-0.2, -0.15) is 0 Å². The second-order valence-electron chi connectivity index (χ2n) is 12.3. The van der Waals surface area contributed by atoms with Crippen LogP contribution in [-0.2, 0) is 10.8 Å². The Kier molecular flexibility index (Phi) is 7.03. The molecule has 2 N–H and O–H groups in total. The number of hydrogen-bond acceptors (Lipinski definition) is 4. The van der Waals surface area contributed by atoms with Crippen molar-refractivity contribution in [1.29, 1.82) is 0 Å². The minimum atomic E-state index is -0.612. The summed E-state index contributed by atoms with van der Waals surface area (Å²) < 4.78 is 5.78. The Hall–Kier alpha value is -4.71. The quantitative estimate of drug-likeness (QED) is 0.239. The normalized spacial score (nSPS) is 12.0. The molecule has 0 fully saturated rings. The Balaban J connectivity index is 1.52. The zero-order chi connectivity index (χ0) is 29.5. The summed E-state index contributed by atoms with van der Waals surface area (Å²) in [5, 5.41) is 9.62. The average molecular weight is 547 g/mol. The summed E-state index contributed by atoms with van der Waals surface area (Å²) in [6.45, 7) is 12.4. The summed E-state index contributed by atoms with van der Waals surface area (Å²) >= 11 is 0. The van der Waals surface area contributed by atoms with Gasteiger partial charge < -0.3 is 15.1 Å². The van der Waals surface area contributed by atoms with E-state index in [9.17, 15) is 14.4 Å². The molecule has 41 heavy (non-hydrogen) atoms. The van der Waals surface area contributed by atoms with E-state index in [2.05, 4.69) is 52.2 Å². The molecule has 6 heteroatoms. The van der Waals surface area contributed by atoms with Crippen LogP contribution in [0.1, 0.15) is 73.8 Å². The summed E-state index contributed by atoms with van der Waals surface area (Å²) in [5.41, 5.74) is 2.12. The predicted octanol–water partition coefficient (Wildman–Crippen LogP) is 8.05. The predicted molar refractivity (Wildman–Crippen MR) is 166 cm³/mol. The van der Waals surface area contributed by atoms with Gasteiger partial charge in [-0.05, 0) is 32.7 Å². The summed E-state index contributed by atoms with van der Waals surface area (Å²) in [6.07, 6.45) is 0. The number of amides is 2. The van der Waals surface area contributed by atoms with E-state index in [1.165, 1.54) is 0 Å². The van der Waals surface area contributed by atoms with Crippen molar-refractivity contribution in [2.24, 2.45) is 0 Å². The van der Waals surface area contributed by atoms with Crippen LogP contribution < -0.4 is 16.1 Å². The van der Waals surface area contributed by atoms with Gasteiger partial charge in [0.05, 0.1) is 11.4 Å². The van der Waals surface area contributed by atoms with E-state index in [1.807, 2.05) is 72.8 Å². The molecule has 0 bridgehead atoms. The standard InChI is InChI=1S/C35H34N2O4/c1-34(2,3)26-17-15-21-11-7-9-13-24(21)30(26)36-32(39)28-19-23(38)20-29(41-28)33(40)37-31-25-14-10-8-12-22(25)16-18-27(31)35(4,5)6/h7-20H,1-6H3,(H,36,39)(H,37,40). The molecule has 0 saturated carbocycles. The molecule has 0 atom stereocenters. The molecule has 1 heterocycles. The molecule has 2 amide bonds. The zero-order valence-electron chi connectivity index (χ0n) is 24.2. The number of carbonyl (C=O) groups excluding carboxylic acids is 2. The van der Waals surface area contributed by atoms with E-state index < -0.39 is 17.2 Å². The monoisotopic (exact) mass is 546 g/mol. The lowest BCUT2D eigenvalue weighted by molar-refractivity contribution is 0.0967. The molecule has 0 aliphatic rings. The van der Waals surface area contributed by atoms with E-state index in [0.29, 0.717) is 11.4 Å². The molecule has 0 radical (unpaired) electrons. The van der Waals surface area contributed by atoms with Crippen LogP contribution in [0.4, 0.5) is 11.4 Å². The van der Waals surface area contributed by atoms with Crippen LogP contribution in [0, 0.1) is 0 Å². The number of carbonyl (C=O) groups is 2. The minimum absolute atomic E-state index is 0.246. The van der Waals surface area contributed by atoms with Crippen molar-refractivity contribution in [3.8, 4) is 0 Å². The van der Waals surface area contributed by atoms with Gasteiger partial charge in [0, 0.05) is 22.9 Å². The van der Waals surface area contributed by atoms with Crippen LogP contribution in [0.15, 0.2) is 94.1 Å². The second-order valence-corrected chi connectivity index (χ2v) is 12.3. The van der Waals surface area contributed by atoms with E-state index in [0.717, 1.165) is 44.8 Å². The minimum Gasteiger partial charge on any atom is -0.445 e. The van der Waals surface area contributed by atoms with E-state index in [-0.39, 0.29) is 22.4 Å². The molecule has 0 unspecified atom stereocenters. The van der Waals surface area contributed by atoms with Gasteiger partial charge in [-0.15, -0.1) is 0 Å². The maximum Gasteiger partial charge on any atom is 0.291 e. The topological polar surface area (TPSA) is 88.4 Å². The fraction of sp³-hybridized carbons (Fsp3) is 0.229. The summed E-state index contributed by atoms with van der Waals surface area (Å²) in [7, 11) is 0. The highest BCUT2D eigenvalue weighted by Gasteiger charge is 2.25. The van der Waals surface area contributed by atoms with Crippen molar-refractivity contribution in [1.82, 2.24) is 0 Å². The highest BCUT2D eigenvalue weighted by atomic mass is 16.4. The zero-order valence-corrected chi connectivity index (χ0v) is 24.2. The van der Waals surface area contributed by atoms with Crippen LogP contribution in [0.25, 0.3) is 21.5 Å². The van der Waals surface area contributed by atoms with Gasteiger partial charge >= 0.3 is 0 Å². The Morgan fingerprint density at radius 2 is 0.976 bits per heavy atom.